The van der Waals surface area contributed by atoms with E-state index in [0.717, 1.165) is 51.9 Å². The molecule has 10 heteroatoms. The molecule has 184 valence electrons. The van der Waals surface area contributed by atoms with E-state index >= 15 is 0 Å². The van der Waals surface area contributed by atoms with Crippen molar-refractivity contribution >= 4 is 48.0 Å². The molecule has 2 saturated heterocycles. The zero-order valence-electron chi connectivity index (χ0n) is 18.6. The molecule has 0 saturated carbocycles. The fraction of sp³-hybridized carbons (Fsp3) is 0.417. The molecule has 34 heavy (non-hydrogen) atoms. The summed E-state index contributed by atoms with van der Waals surface area (Å²) in [4.78, 5) is 0. The Kier molecular flexibility index (Phi) is 14.1. The minimum absolute atomic E-state index is 0. The van der Waals surface area contributed by atoms with Crippen LogP contribution in [0.5, 0.6) is 11.5 Å². The molecule has 6 nitrogen and oxygen atoms in total. The van der Waals surface area contributed by atoms with E-state index in [2.05, 4.69) is 22.8 Å². The molecule has 0 amide bonds. The maximum Gasteiger partial charge on any atom is 0.139 e. The molecule has 0 atom stereocenters. The molecule has 2 aliphatic heterocycles. The lowest BCUT2D eigenvalue weighted by Gasteiger charge is -2.24. The van der Waals surface area contributed by atoms with E-state index in [1.54, 1.807) is 36.4 Å². The summed E-state index contributed by atoms with van der Waals surface area (Å²) in [5.74, 6) is 1.20. The fourth-order valence-electron chi connectivity index (χ4n) is 3.61. The Bertz CT molecular complexity index is 902. The molecule has 0 aromatic heterocycles. The first-order valence-corrected chi connectivity index (χ1v) is 11.5. The van der Waals surface area contributed by atoms with E-state index in [9.17, 15) is 0 Å². The highest BCUT2D eigenvalue weighted by Gasteiger charge is 2.18. The van der Waals surface area contributed by atoms with Crippen molar-refractivity contribution in [1.29, 1.82) is 10.5 Å². The van der Waals surface area contributed by atoms with Crippen LogP contribution in [0.2, 0.25) is 10.0 Å². The van der Waals surface area contributed by atoms with Gasteiger partial charge in [-0.05, 0) is 76.1 Å². The zero-order chi connectivity index (χ0) is 22.8. The first-order chi connectivity index (χ1) is 15.6. The monoisotopic (exact) mass is 544 g/mol. The summed E-state index contributed by atoms with van der Waals surface area (Å²) >= 11 is 11.9. The standard InChI is InChI=1S/2C12H13ClN2O.2ClH/c2*13-11-2-1-3-12(10(11)8-14)16-9-4-6-15-7-5-9;;/h2*1-3,9,15H,4-7H2;2*1H. The molecule has 0 unspecified atom stereocenters. The average Bonchev–Trinajstić information content (AvgIpc) is 2.81. The minimum Gasteiger partial charge on any atom is -0.489 e. The van der Waals surface area contributed by atoms with Crippen molar-refractivity contribution in [1.82, 2.24) is 10.6 Å². The van der Waals surface area contributed by atoms with Crippen molar-refractivity contribution in [2.45, 2.75) is 37.9 Å². The van der Waals surface area contributed by atoms with Gasteiger partial charge in [-0.3, -0.25) is 0 Å². The van der Waals surface area contributed by atoms with Gasteiger partial charge in [0, 0.05) is 0 Å². The fourth-order valence-corrected chi connectivity index (χ4v) is 4.02. The molecule has 0 radical (unpaired) electrons. The number of halogens is 4. The van der Waals surface area contributed by atoms with Crippen LogP contribution in [0.25, 0.3) is 0 Å². The summed E-state index contributed by atoms with van der Waals surface area (Å²) in [5, 5.41) is 25.4. The van der Waals surface area contributed by atoms with Gasteiger partial charge >= 0.3 is 0 Å². The largest absolute Gasteiger partial charge is 0.489 e. The van der Waals surface area contributed by atoms with Crippen LogP contribution in [0.3, 0.4) is 0 Å². The molecular weight excluding hydrogens is 518 g/mol. The molecule has 2 aromatic carbocycles. The second-order valence-corrected chi connectivity index (χ2v) is 8.40. The Morgan fingerprint density at radius 2 is 1.03 bits per heavy atom. The Morgan fingerprint density at radius 1 is 0.676 bits per heavy atom. The van der Waals surface area contributed by atoms with Gasteiger partial charge in [-0.1, -0.05) is 35.3 Å². The molecule has 0 aliphatic carbocycles. The van der Waals surface area contributed by atoms with Crippen molar-refractivity contribution < 1.29 is 9.47 Å². The first kappa shape index (κ1) is 30.1. The predicted octanol–water partition coefficient (Wildman–Crippen LogP) is 5.53. The first-order valence-electron chi connectivity index (χ1n) is 10.7. The predicted molar refractivity (Wildman–Crippen MR) is 140 cm³/mol. The Morgan fingerprint density at radius 3 is 1.35 bits per heavy atom. The Hall–Kier alpha value is -1.90. The summed E-state index contributed by atoms with van der Waals surface area (Å²) in [6.07, 6.45) is 4.25. The third kappa shape index (κ3) is 8.71. The third-order valence-corrected chi connectivity index (χ3v) is 5.96. The highest BCUT2D eigenvalue weighted by molar-refractivity contribution is 6.32. The Balaban J connectivity index is 0.000000321. The van der Waals surface area contributed by atoms with Crippen molar-refractivity contribution in [3.8, 4) is 23.6 Å². The topological polar surface area (TPSA) is 90.1 Å². The lowest BCUT2D eigenvalue weighted by molar-refractivity contribution is 0.162. The van der Waals surface area contributed by atoms with Crippen molar-refractivity contribution in [3.63, 3.8) is 0 Å². The number of nitrogens with one attached hydrogen (secondary N) is 2. The Labute approximate surface area is 223 Å². The zero-order valence-corrected chi connectivity index (χ0v) is 21.7. The van der Waals surface area contributed by atoms with Gasteiger partial charge in [0.1, 0.15) is 47.0 Å². The quantitative estimate of drug-likeness (QED) is 0.525. The van der Waals surface area contributed by atoms with Gasteiger partial charge in [-0.25, -0.2) is 0 Å². The maximum atomic E-state index is 9.00. The van der Waals surface area contributed by atoms with Gasteiger partial charge in [-0.15, -0.1) is 24.8 Å². The van der Waals surface area contributed by atoms with Crippen molar-refractivity contribution in [3.05, 3.63) is 57.6 Å². The van der Waals surface area contributed by atoms with Gasteiger partial charge in [0.2, 0.25) is 0 Å². The van der Waals surface area contributed by atoms with E-state index in [-0.39, 0.29) is 37.0 Å². The van der Waals surface area contributed by atoms with Crippen molar-refractivity contribution in [2.75, 3.05) is 26.2 Å². The second kappa shape index (κ2) is 15.9. The lowest BCUT2D eigenvalue weighted by Crippen LogP contribution is -2.34. The summed E-state index contributed by atoms with van der Waals surface area (Å²) < 4.78 is 11.6. The molecule has 0 spiro atoms. The van der Waals surface area contributed by atoms with E-state index in [1.165, 1.54) is 0 Å². The smallest absolute Gasteiger partial charge is 0.139 e. The summed E-state index contributed by atoms with van der Waals surface area (Å²) in [5.41, 5.74) is 0.866. The van der Waals surface area contributed by atoms with E-state index in [0.29, 0.717) is 32.7 Å². The number of benzene rings is 2. The molecule has 2 aliphatic rings. The normalized spacial score (nSPS) is 15.8. The second-order valence-electron chi connectivity index (χ2n) is 7.58. The average molecular weight is 546 g/mol. The highest BCUT2D eigenvalue weighted by Crippen LogP contribution is 2.28. The SMILES string of the molecule is Cl.Cl.N#Cc1c(Cl)cccc1OC1CCNCC1.N#Cc1c(Cl)cccc1OC1CCNCC1. The van der Waals surface area contributed by atoms with Gasteiger partial charge in [0.15, 0.2) is 0 Å². The van der Waals surface area contributed by atoms with Crippen LogP contribution >= 0.6 is 48.0 Å². The van der Waals surface area contributed by atoms with Crippen LogP contribution in [0.4, 0.5) is 0 Å². The summed E-state index contributed by atoms with van der Waals surface area (Å²) in [6.45, 7) is 3.86. The van der Waals surface area contributed by atoms with Crippen LogP contribution in [-0.2, 0) is 0 Å². The summed E-state index contributed by atoms with van der Waals surface area (Å²) in [6, 6.07) is 14.8. The van der Waals surface area contributed by atoms with Gasteiger partial charge < -0.3 is 20.1 Å². The van der Waals surface area contributed by atoms with E-state index in [4.69, 9.17) is 43.2 Å². The number of piperidine rings is 2. The maximum absolute atomic E-state index is 9.00. The van der Waals surface area contributed by atoms with Crippen LogP contribution in [-0.4, -0.2) is 38.4 Å². The molecule has 2 aromatic rings. The number of hydrogen-bond acceptors (Lipinski definition) is 6. The number of nitriles is 2. The number of ether oxygens (including phenoxy) is 2. The van der Waals surface area contributed by atoms with Crippen LogP contribution in [0, 0.1) is 22.7 Å². The molecule has 2 fully saturated rings. The third-order valence-electron chi connectivity index (χ3n) is 5.33. The van der Waals surface area contributed by atoms with E-state index in [1.807, 2.05) is 0 Å². The van der Waals surface area contributed by atoms with E-state index < -0.39 is 0 Å². The molecular formula is C24H28Cl4N4O2. The van der Waals surface area contributed by atoms with Gasteiger partial charge in [0.05, 0.1) is 10.0 Å². The number of rotatable bonds is 4. The molecule has 2 heterocycles. The van der Waals surface area contributed by atoms with Crippen LogP contribution in [0.1, 0.15) is 36.8 Å². The lowest BCUT2D eigenvalue weighted by atomic mass is 10.1. The highest BCUT2D eigenvalue weighted by atomic mass is 35.5. The van der Waals surface area contributed by atoms with Gasteiger partial charge in [-0.2, -0.15) is 10.5 Å². The molecule has 4 rings (SSSR count). The number of hydrogen-bond donors (Lipinski definition) is 2. The van der Waals surface area contributed by atoms with Crippen molar-refractivity contribution in [2.24, 2.45) is 0 Å². The van der Waals surface area contributed by atoms with Gasteiger partial charge in [0.25, 0.3) is 0 Å². The minimum atomic E-state index is 0. The molecule has 0 bridgehead atoms. The van der Waals surface area contributed by atoms with Crippen LogP contribution in [0.15, 0.2) is 36.4 Å². The van der Waals surface area contributed by atoms with Crippen LogP contribution < -0.4 is 20.1 Å². The number of nitrogens with zero attached hydrogens (tertiary/aromatic N) is 2. The summed E-state index contributed by atoms with van der Waals surface area (Å²) in [7, 11) is 0. The molecule has 2 N–H and O–H groups in total.